The summed E-state index contributed by atoms with van der Waals surface area (Å²) in [5.41, 5.74) is 0. The Morgan fingerprint density at radius 1 is 1.47 bits per heavy atom. The summed E-state index contributed by atoms with van der Waals surface area (Å²) in [5.74, 6) is -0.716. The van der Waals surface area contributed by atoms with E-state index in [0.717, 1.165) is 0 Å². The standard InChI is InChI=1S/C9H17F3N2O2S/c1-6(7(4-15)17-2)13-3-8(16)14-5-9(10,11)12/h6-7,13,15H,3-5H2,1-2H3,(H,14,16). The number of aliphatic hydroxyl groups is 1. The van der Waals surface area contributed by atoms with Gasteiger partial charge in [-0.25, -0.2) is 0 Å². The smallest absolute Gasteiger partial charge is 0.395 e. The maximum Gasteiger partial charge on any atom is 0.405 e. The second kappa shape index (κ2) is 7.78. The van der Waals surface area contributed by atoms with Crippen molar-refractivity contribution in [1.82, 2.24) is 10.6 Å². The summed E-state index contributed by atoms with van der Waals surface area (Å²) in [6.07, 6.45) is -2.59. The molecule has 2 unspecified atom stereocenters. The van der Waals surface area contributed by atoms with Gasteiger partial charge in [0, 0.05) is 11.3 Å². The highest BCUT2D eigenvalue weighted by molar-refractivity contribution is 7.99. The summed E-state index contributed by atoms with van der Waals surface area (Å²) in [5, 5.41) is 13.4. The molecule has 0 aromatic rings. The van der Waals surface area contributed by atoms with Crippen molar-refractivity contribution in [2.24, 2.45) is 0 Å². The normalized spacial score (nSPS) is 15.4. The van der Waals surface area contributed by atoms with Crippen LogP contribution < -0.4 is 10.6 Å². The number of amides is 1. The lowest BCUT2D eigenvalue weighted by molar-refractivity contribution is -0.137. The molecule has 2 atom stereocenters. The average Bonchev–Trinajstić information content (AvgIpc) is 2.24. The molecule has 0 saturated heterocycles. The van der Waals surface area contributed by atoms with Crippen molar-refractivity contribution in [3.8, 4) is 0 Å². The maximum atomic E-state index is 11.8. The van der Waals surface area contributed by atoms with Gasteiger partial charge in [-0.3, -0.25) is 4.79 Å². The number of carbonyl (C=O) groups is 1. The molecule has 0 aromatic heterocycles. The van der Waals surface area contributed by atoms with Gasteiger partial charge < -0.3 is 15.7 Å². The van der Waals surface area contributed by atoms with Gasteiger partial charge in [0.05, 0.1) is 13.2 Å². The highest BCUT2D eigenvalue weighted by Gasteiger charge is 2.27. The molecule has 0 spiro atoms. The zero-order chi connectivity index (χ0) is 13.5. The van der Waals surface area contributed by atoms with Crippen LogP contribution in [0.1, 0.15) is 6.92 Å². The fourth-order valence-electron chi connectivity index (χ4n) is 1.08. The minimum Gasteiger partial charge on any atom is -0.395 e. The van der Waals surface area contributed by atoms with Gasteiger partial charge in [0.25, 0.3) is 0 Å². The summed E-state index contributed by atoms with van der Waals surface area (Å²) in [6.45, 7) is 0.177. The minimum absolute atomic E-state index is 0.0560. The Hall–Kier alpha value is -0.470. The van der Waals surface area contributed by atoms with Crippen LogP contribution in [0.15, 0.2) is 0 Å². The van der Waals surface area contributed by atoms with Gasteiger partial charge >= 0.3 is 6.18 Å². The van der Waals surface area contributed by atoms with E-state index in [0.29, 0.717) is 0 Å². The van der Waals surface area contributed by atoms with Gasteiger partial charge in [-0.2, -0.15) is 24.9 Å². The topological polar surface area (TPSA) is 61.4 Å². The number of thioether (sulfide) groups is 1. The molecule has 0 aliphatic heterocycles. The quantitative estimate of drug-likeness (QED) is 0.627. The summed E-state index contributed by atoms with van der Waals surface area (Å²) in [4.78, 5) is 11.1. The molecular formula is C9H17F3N2O2S. The van der Waals surface area contributed by atoms with E-state index in [2.05, 4.69) is 5.32 Å². The first-order valence-electron chi connectivity index (χ1n) is 5.00. The Balaban J connectivity index is 3.84. The number of alkyl halides is 3. The van der Waals surface area contributed by atoms with E-state index in [1.54, 1.807) is 12.2 Å². The van der Waals surface area contributed by atoms with Crippen LogP contribution in [-0.4, -0.2) is 54.4 Å². The Bertz CT molecular complexity index is 235. The number of rotatable bonds is 7. The van der Waals surface area contributed by atoms with E-state index >= 15 is 0 Å². The molecular weight excluding hydrogens is 257 g/mol. The first-order chi connectivity index (χ1) is 7.80. The molecule has 8 heteroatoms. The molecule has 0 rings (SSSR count). The van der Waals surface area contributed by atoms with E-state index in [1.807, 2.05) is 6.26 Å². The lowest BCUT2D eigenvalue weighted by Crippen LogP contribution is -2.45. The molecule has 17 heavy (non-hydrogen) atoms. The number of carbonyl (C=O) groups excluding carboxylic acids is 1. The van der Waals surface area contributed by atoms with Crippen LogP contribution in [-0.2, 0) is 4.79 Å². The van der Waals surface area contributed by atoms with Gasteiger partial charge in [-0.15, -0.1) is 0 Å². The van der Waals surface area contributed by atoms with Crippen molar-refractivity contribution < 1.29 is 23.1 Å². The predicted octanol–water partition coefficient (Wildman–Crippen LogP) is 0.367. The molecule has 1 amide bonds. The van der Waals surface area contributed by atoms with Crippen LogP contribution in [0, 0.1) is 0 Å². The molecule has 0 aliphatic rings. The van der Waals surface area contributed by atoms with Crippen molar-refractivity contribution in [3.63, 3.8) is 0 Å². The average molecular weight is 274 g/mol. The Morgan fingerprint density at radius 2 is 2.06 bits per heavy atom. The summed E-state index contributed by atoms with van der Waals surface area (Å²) < 4.78 is 35.3. The van der Waals surface area contributed by atoms with Crippen molar-refractivity contribution in [2.45, 2.75) is 24.4 Å². The molecule has 0 bridgehead atoms. The summed E-state index contributed by atoms with van der Waals surface area (Å²) in [6, 6.07) is -0.161. The fourth-order valence-corrected chi connectivity index (χ4v) is 1.74. The van der Waals surface area contributed by atoms with Crippen molar-refractivity contribution >= 4 is 17.7 Å². The highest BCUT2D eigenvalue weighted by Crippen LogP contribution is 2.12. The molecule has 0 fully saturated rings. The zero-order valence-corrected chi connectivity index (χ0v) is 10.5. The van der Waals surface area contributed by atoms with Crippen molar-refractivity contribution in [2.75, 3.05) is 26.0 Å². The SMILES string of the molecule is CSC(CO)C(C)NCC(=O)NCC(F)(F)F. The van der Waals surface area contributed by atoms with Crippen molar-refractivity contribution in [3.05, 3.63) is 0 Å². The van der Waals surface area contributed by atoms with Gasteiger partial charge in [-0.1, -0.05) is 0 Å². The van der Waals surface area contributed by atoms with Crippen LogP contribution in [0.4, 0.5) is 13.2 Å². The lowest BCUT2D eigenvalue weighted by Gasteiger charge is -2.21. The molecule has 0 aliphatic carbocycles. The third-order valence-electron chi connectivity index (χ3n) is 2.11. The first kappa shape index (κ1) is 16.5. The second-order valence-electron chi connectivity index (χ2n) is 3.52. The molecule has 4 nitrogen and oxygen atoms in total. The number of hydrogen-bond acceptors (Lipinski definition) is 4. The minimum atomic E-state index is -4.39. The number of hydrogen-bond donors (Lipinski definition) is 3. The molecule has 3 N–H and O–H groups in total. The van der Waals surface area contributed by atoms with Gasteiger partial charge in [0.1, 0.15) is 6.54 Å². The van der Waals surface area contributed by atoms with E-state index < -0.39 is 18.6 Å². The molecule has 102 valence electrons. The summed E-state index contributed by atoms with van der Waals surface area (Å²) in [7, 11) is 0. The van der Waals surface area contributed by atoms with Crippen LogP contribution in [0.2, 0.25) is 0 Å². The Labute approximate surface area is 102 Å². The zero-order valence-electron chi connectivity index (χ0n) is 9.67. The Kier molecular flexibility index (Phi) is 7.56. The number of nitrogens with one attached hydrogen (secondary N) is 2. The van der Waals surface area contributed by atoms with Gasteiger partial charge in [0.2, 0.25) is 5.91 Å². The molecule has 0 aromatic carbocycles. The monoisotopic (exact) mass is 274 g/mol. The third kappa shape index (κ3) is 8.28. The van der Waals surface area contributed by atoms with Crippen molar-refractivity contribution in [1.29, 1.82) is 0 Å². The van der Waals surface area contributed by atoms with E-state index in [9.17, 15) is 18.0 Å². The number of aliphatic hydroxyl groups excluding tert-OH is 1. The van der Waals surface area contributed by atoms with Gasteiger partial charge in [-0.05, 0) is 13.2 Å². The largest absolute Gasteiger partial charge is 0.405 e. The predicted molar refractivity (Wildman–Crippen MR) is 60.9 cm³/mol. The first-order valence-corrected chi connectivity index (χ1v) is 6.29. The maximum absolute atomic E-state index is 11.8. The third-order valence-corrected chi connectivity index (χ3v) is 3.27. The lowest BCUT2D eigenvalue weighted by atomic mass is 10.2. The fraction of sp³-hybridized carbons (Fsp3) is 0.889. The van der Waals surface area contributed by atoms with Crippen LogP contribution in [0.5, 0.6) is 0 Å². The second-order valence-corrected chi connectivity index (χ2v) is 4.60. The van der Waals surface area contributed by atoms with E-state index in [1.165, 1.54) is 11.8 Å². The van der Waals surface area contributed by atoms with E-state index in [4.69, 9.17) is 5.11 Å². The molecule has 0 radical (unpaired) electrons. The molecule has 0 saturated carbocycles. The number of halogens is 3. The molecule has 0 heterocycles. The van der Waals surface area contributed by atoms with Crippen LogP contribution >= 0.6 is 11.8 Å². The van der Waals surface area contributed by atoms with Gasteiger partial charge in [0.15, 0.2) is 0 Å². The Morgan fingerprint density at radius 3 is 2.47 bits per heavy atom. The summed E-state index contributed by atoms with van der Waals surface area (Å²) >= 11 is 1.42. The van der Waals surface area contributed by atoms with Crippen LogP contribution in [0.3, 0.4) is 0 Å². The highest BCUT2D eigenvalue weighted by atomic mass is 32.2. The van der Waals surface area contributed by atoms with Crippen LogP contribution in [0.25, 0.3) is 0 Å². The van der Waals surface area contributed by atoms with E-state index in [-0.39, 0.29) is 24.4 Å².